The van der Waals surface area contributed by atoms with Crippen LogP contribution in [0, 0.1) is 6.92 Å². The molecule has 0 spiro atoms. The zero-order valence-electron chi connectivity index (χ0n) is 11.4. The second kappa shape index (κ2) is 5.79. The molecule has 0 atom stereocenters. The van der Waals surface area contributed by atoms with E-state index in [-0.39, 0.29) is 10.9 Å². The van der Waals surface area contributed by atoms with Gasteiger partial charge in [-0.25, -0.2) is 13.4 Å². The van der Waals surface area contributed by atoms with E-state index in [0.717, 1.165) is 0 Å². The molecule has 0 saturated heterocycles. The van der Waals surface area contributed by atoms with E-state index in [4.69, 9.17) is 0 Å². The molecule has 0 aliphatic carbocycles. The average molecular weight is 275 g/mol. The summed E-state index contributed by atoms with van der Waals surface area (Å²) in [6, 6.07) is 0.263. The number of aromatic amines is 1. The molecule has 0 aliphatic rings. The zero-order chi connectivity index (χ0) is 13.9. The predicted molar refractivity (Wildman–Crippen MR) is 69.3 cm³/mol. The highest BCUT2D eigenvalue weighted by molar-refractivity contribution is 7.89. The Morgan fingerprint density at radius 2 is 2.00 bits per heavy atom. The van der Waals surface area contributed by atoms with Gasteiger partial charge in [0.25, 0.3) is 10.0 Å². The molecule has 0 aromatic carbocycles. The quantitative estimate of drug-likeness (QED) is 0.634. The van der Waals surface area contributed by atoms with E-state index in [2.05, 4.69) is 20.3 Å². The van der Waals surface area contributed by atoms with Crippen LogP contribution in [0.3, 0.4) is 0 Å². The van der Waals surface area contributed by atoms with Crippen LogP contribution in [0.2, 0.25) is 0 Å². The van der Waals surface area contributed by atoms with Crippen molar-refractivity contribution in [2.75, 3.05) is 14.1 Å². The van der Waals surface area contributed by atoms with Crippen LogP contribution in [0.25, 0.3) is 0 Å². The lowest BCUT2D eigenvalue weighted by Gasteiger charge is -2.13. The summed E-state index contributed by atoms with van der Waals surface area (Å²) in [5, 5.41) is 11.3. The SMILES string of the molecule is Cc1[nH]nc(CNC(C)C)c1S(=O)(=O)NN(C)C. The summed E-state index contributed by atoms with van der Waals surface area (Å²) in [5.41, 5.74) is 1.03. The van der Waals surface area contributed by atoms with E-state index in [9.17, 15) is 8.42 Å². The molecule has 0 unspecified atom stereocenters. The molecule has 0 saturated carbocycles. The molecule has 0 fully saturated rings. The molecule has 0 radical (unpaired) electrons. The number of hydrogen-bond donors (Lipinski definition) is 3. The summed E-state index contributed by atoms with van der Waals surface area (Å²) >= 11 is 0. The fourth-order valence-electron chi connectivity index (χ4n) is 1.53. The number of H-pyrrole nitrogens is 1. The van der Waals surface area contributed by atoms with Crippen molar-refractivity contribution in [3.05, 3.63) is 11.4 Å². The molecule has 1 aromatic heterocycles. The number of aromatic nitrogens is 2. The fraction of sp³-hybridized carbons (Fsp3) is 0.700. The van der Waals surface area contributed by atoms with Crippen molar-refractivity contribution in [1.82, 2.24) is 25.4 Å². The number of nitrogens with zero attached hydrogens (tertiary/aromatic N) is 2. The second-order valence-corrected chi connectivity index (χ2v) is 6.25. The molecule has 7 nitrogen and oxygen atoms in total. The highest BCUT2D eigenvalue weighted by Gasteiger charge is 2.24. The van der Waals surface area contributed by atoms with Gasteiger partial charge in [-0.1, -0.05) is 13.8 Å². The Bertz CT molecular complexity index is 492. The van der Waals surface area contributed by atoms with E-state index in [1.165, 1.54) is 5.01 Å². The summed E-state index contributed by atoms with van der Waals surface area (Å²) in [7, 11) is -0.335. The van der Waals surface area contributed by atoms with Gasteiger partial charge in [0.15, 0.2) is 0 Å². The number of aryl methyl sites for hydroxylation is 1. The summed E-state index contributed by atoms with van der Waals surface area (Å²) in [4.78, 5) is 2.62. The number of rotatable bonds is 6. The van der Waals surface area contributed by atoms with Gasteiger partial charge in [0, 0.05) is 26.7 Å². The lowest BCUT2D eigenvalue weighted by atomic mass is 10.3. The van der Waals surface area contributed by atoms with Crippen molar-refractivity contribution in [3.8, 4) is 0 Å². The summed E-state index contributed by atoms with van der Waals surface area (Å²) in [6.45, 7) is 6.08. The van der Waals surface area contributed by atoms with Gasteiger partial charge in [0.1, 0.15) is 4.90 Å². The number of hydrazine groups is 1. The molecular formula is C10H21N5O2S. The molecule has 1 heterocycles. The Hall–Kier alpha value is -0.960. The highest BCUT2D eigenvalue weighted by Crippen LogP contribution is 2.17. The summed E-state index contributed by atoms with van der Waals surface area (Å²) in [6.07, 6.45) is 0. The van der Waals surface area contributed by atoms with E-state index in [1.807, 2.05) is 13.8 Å². The number of hydrogen-bond acceptors (Lipinski definition) is 5. The van der Waals surface area contributed by atoms with Gasteiger partial charge in [-0.2, -0.15) is 5.10 Å². The van der Waals surface area contributed by atoms with Crippen molar-refractivity contribution in [2.45, 2.75) is 38.3 Å². The Labute approximate surface area is 108 Å². The third-order valence-corrected chi connectivity index (χ3v) is 3.90. The molecule has 1 rings (SSSR count). The molecule has 18 heavy (non-hydrogen) atoms. The highest BCUT2D eigenvalue weighted by atomic mass is 32.2. The van der Waals surface area contributed by atoms with Crippen molar-refractivity contribution >= 4 is 10.0 Å². The van der Waals surface area contributed by atoms with E-state index in [1.54, 1.807) is 21.0 Å². The van der Waals surface area contributed by atoms with E-state index in [0.29, 0.717) is 17.9 Å². The number of sulfonamides is 1. The average Bonchev–Trinajstić information content (AvgIpc) is 2.55. The first-order chi connectivity index (χ1) is 8.24. The minimum Gasteiger partial charge on any atom is -0.309 e. The lowest BCUT2D eigenvalue weighted by Crippen LogP contribution is -2.37. The molecule has 104 valence electrons. The van der Waals surface area contributed by atoms with Gasteiger partial charge in [-0.15, -0.1) is 4.83 Å². The van der Waals surface area contributed by atoms with Crippen molar-refractivity contribution in [2.24, 2.45) is 0 Å². The van der Waals surface area contributed by atoms with Gasteiger partial charge >= 0.3 is 0 Å². The zero-order valence-corrected chi connectivity index (χ0v) is 12.2. The Kier molecular flexibility index (Phi) is 4.85. The first-order valence-electron chi connectivity index (χ1n) is 5.71. The largest absolute Gasteiger partial charge is 0.309 e. The molecule has 3 N–H and O–H groups in total. The topological polar surface area (TPSA) is 90.1 Å². The molecule has 0 bridgehead atoms. The predicted octanol–water partition coefficient (Wildman–Crippen LogP) is -0.0290. The van der Waals surface area contributed by atoms with Gasteiger partial charge in [0.2, 0.25) is 0 Å². The van der Waals surface area contributed by atoms with Crippen LogP contribution in [0.5, 0.6) is 0 Å². The molecule has 0 amide bonds. The van der Waals surface area contributed by atoms with Crippen LogP contribution >= 0.6 is 0 Å². The second-order valence-electron chi connectivity index (χ2n) is 4.65. The van der Waals surface area contributed by atoms with Crippen LogP contribution in [0.15, 0.2) is 4.90 Å². The van der Waals surface area contributed by atoms with Gasteiger partial charge in [-0.3, -0.25) is 5.10 Å². The Morgan fingerprint density at radius 1 is 1.39 bits per heavy atom. The normalized spacial score (nSPS) is 12.6. The van der Waals surface area contributed by atoms with Crippen LogP contribution in [-0.4, -0.2) is 43.8 Å². The first kappa shape index (κ1) is 15.1. The molecule has 8 heteroatoms. The summed E-state index contributed by atoms with van der Waals surface area (Å²) in [5.74, 6) is 0. The van der Waals surface area contributed by atoms with Gasteiger partial charge in [0.05, 0.1) is 11.4 Å². The monoisotopic (exact) mass is 275 g/mol. The minimum absolute atomic E-state index is 0.212. The smallest absolute Gasteiger partial charge is 0.257 e. The molecule has 1 aromatic rings. The third kappa shape index (κ3) is 3.77. The van der Waals surface area contributed by atoms with Crippen LogP contribution in [-0.2, 0) is 16.6 Å². The van der Waals surface area contributed by atoms with Crippen LogP contribution in [0.1, 0.15) is 25.2 Å². The van der Waals surface area contributed by atoms with Crippen molar-refractivity contribution in [3.63, 3.8) is 0 Å². The fourth-order valence-corrected chi connectivity index (χ4v) is 2.98. The van der Waals surface area contributed by atoms with Gasteiger partial charge in [-0.05, 0) is 6.92 Å². The minimum atomic E-state index is -3.58. The van der Waals surface area contributed by atoms with E-state index >= 15 is 0 Å². The molecular weight excluding hydrogens is 254 g/mol. The van der Waals surface area contributed by atoms with Crippen LogP contribution < -0.4 is 10.1 Å². The number of nitrogens with one attached hydrogen (secondary N) is 3. The standard InChI is InChI=1S/C10H21N5O2S/c1-7(2)11-6-9-10(8(3)12-13-9)18(16,17)14-15(4)5/h7,11,14H,6H2,1-5H3,(H,12,13). The van der Waals surface area contributed by atoms with E-state index < -0.39 is 10.0 Å². The maximum Gasteiger partial charge on any atom is 0.257 e. The lowest BCUT2D eigenvalue weighted by molar-refractivity contribution is 0.363. The maximum absolute atomic E-state index is 12.1. The Balaban J connectivity index is 3.04. The molecule has 0 aliphatic heterocycles. The first-order valence-corrected chi connectivity index (χ1v) is 7.19. The van der Waals surface area contributed by atoms with Gasteiger partial charge < -0.3 is 5.32 Å². The van der Waals surface area contributed by atoms with Crippen molar-refractivity contribution < 1.29 is 8.42 Å². The maximum atomic E-state index is 12.1. The van der Waals surface area contributed by atoms with Crippen molar-refractivity contribution in [1.29, 1.82) is 0 Å². The Morgan fingerprint density at radius 3 is 2.50 bits per heavy atom. The third-order valence-electron chi connectivity index (χ3n) is 2.21. The van der Waals surface area contributed by atoms with Crippen LogP contribution in [0.4, 0.5) is 0 Å². The summed E-state index contributed by atoms with van der Waals surface area (Å²) < 4.78 is 24.3.